The highest BCUT2D eigenvalue weighted by atomic mass is 16.6. The van der Waals surface area contributed by atoms with Gasteiger partial charge in [0.2, 0.25) is 5.91 Å². The molecule has 1 rings (SSSR count). The summed E-state index contributed by atoms with van der Waals surface area (Å²) in [6, 6.07) is -0.341. The van der Waals surface area contributed by atoms with Crippen LogP contribution in [-0.4, -0.2) is 53.3 Å². The number of ether oxygens (including phenoxy) is 1. The van der Waals surface area contributed by atoms with E-state index in [2.05, 4.69) is 5.32 Å². The van der Waals surface area contributed by atoms with Crippen LogP contribution in [0.5, 0.6) is 0 Å². The molecule has 6 nitrogen and oxygen atoms in total. The van der Waals surface area contributed by atoms with Gasteiger partial charge in [0.1, 0.15) is 5.60 Å². The molecule has 19 heavy (non-hydrogen) atoms. The number of aliphatic hydroxyl groups is 1. The zero-order chi connectivity index (χ0) is 14.6. The van der Waals surface area contributed by atoms with Crippen molar-refractivity contribution in [3.63, 3.8) is 0 Å². The molecule has 2 amide bonds. The molecule has 0 radical (unpaired) electrons. The second-order valence-electron chi connectivity index (χ2n) is 5.83. The van der Waals surface area contributed by atoms with Crippen LogP contribution < -0.4 is 5.32 Å². The molecule has 2 N–H and O–H groups in total. The van der Waals surface area contributed by atoms with Crippen molar-refractivity contribution in [3.05, 3.63) is 0 Å². The number of amides is 2. The van der Waals surface area contributed by atoms with Crippen molar-refractivity contribution in [1.82, 2.24) is 10.2 Å². The molecule has 1 saturated heterocycles. The first kappa shape index (κ1) is 15.8. The molecule has 0 aromatic rings. The van der Waals surface area contributed by atoms with Crippen molar-refractivity contribution in [2.45, 2.75) is 57.8 Å². The largest absolute Gasteiger partial charge is 0.444 e. The quantitative estimate of drug-likeness (QED) is 0.799. The SMILES string of the molecule is CNC(=O)CC(O)C1CCCN1C(=O)OC(C)(C)C. The smallest absolute Gasteiger partial charge is 0.410 e. The molecule has 1 heterocycles. The summed E-state index contributed by atoms with van der Waals surface area (Å²) in [4.78, 5) is 24.8. The van der Waals surface area contributed by atoms with Crippen LogP contribution in [0.1, 0.15) is 40.0 Å². The van der Waals surface area contributed by atoms with Gasteiger partial charge < -0.3 is 20.1 Å². The fourth-order valence-corrected chi connectivity index (χ4v) is 2.17. The van der Waals surface area contributed by atoms with E-state index in [4.69, 9.17) is 4.74 Å². The number of hydrogen-bond acceptors (Lipinski definition) is 4. The van der Waals surface area contributed by atoms with Crippen LogP contribution in [0.25, 0.3) is 0 Å². The van der Waals surface area contributed by atoms with E-state index in [1.807, 2.05) is 0 Å². The minimum Gasteiger partial charge on any atom is -0.444 e. The molecule has 2 atom stereocenters. The van der Waals surface area contributed by atoms with Gasteiger partial charge in [0.15, 0.2) is 0 Å². The molecule has 6 heteroatoms. The Labute approximate surface area is 114 Å². The minimum atomic E-state index is -0.852. The van der Waals surface area contributed by atoms with E-state index in [0.29, 0.717) is 13.0 Å². The molecule has 0 aromatic heterocycles. The lowest BCUT2D eigenvalue weighted by Crippen LogP contribution is -2.46. The molecule has 1 fully saturated rings. The average molecular weight is 272 g/mol. The number of hydrogen-bond donors (Lipinski definition) is 2. The van der Waals surface area contributed by atoms with Gasteiger partial charge in [-0.15, -0.1) is 0 Å². The highest BCUT2D eigenvalue weighted by Crippen LogP contribution is 2.24. The summed E-state index contributed by atoms with van der Waals surface area (Å²) in [7, 11) is 1.52. The second kappa shape index (κ2) is 6.23. The lowest BCUT2D eigenvalue weighted by molar-refractivity contribution is -0.123. The van der Waals surface area contributed by atoms with E-state index < -0.39 is 17.8 Å². The Kier molecular flexibility index (Phi) is 5.17. The molecular formula is C13H24N2O4. The van der Waals surface area contributed by atoms with Gasteiger partial charge in [-0.2, -0.15) is 0 Å². The molecule has 0 aliphatic carbocycles. The van der Waals surface area contributed by atoms with Crippen LogP contribution in [0, 0.1) is 0 Å². The van der Waals surface area contributed by atoms with Gasteiger partial charge in [0.05, 0.1) is 18.6 Å². The maximum atomic E-state index is 12.0. The van der Waals surface area contributed by atoms with E-state index in [1.54, 1.807) is 20.8 Å². The van der Waals surface area contributed by atoms with Crippen molar-refractivity contribution in [2.75, 3.05) is 13.6 Å². The molecule has 110 valence electrons. The fraction of sp³-hybridized carbons (Fsp3) is 0.846. The lowest BCUT2D eigenvalue weighted by Gasteiger charge is -2.30. The number of carbonyl (C=O) groups excluding carboxylic acids is 2. The standard InChI is InChI=1S/C13H24N2O4/c1-13(2,3)19-12(18)15-7-5-6-9(15)10(16)8-11(17)14-4/h9-10,16H,5-8H2,1-4H3,(H,14,17). The van der Waals surface area contributed by atoms with Gasteiger partial charge in [-0.25, -0.2) is 4.79 Å². The number of likely N-dealkylation sites (tertiary alicyclic amines) is 1. The van der Waals surface area contributed by atoms with Crippen molar-refractivity contribution in [3.8, 4) is 0 Å². The molecule has 0 aromatic carbocycles. The Bertz CT molecular complexity index is 338. The van der Waals surface area contributed by atoms with Gasteiger partial charge in [-0.3, -0.25) is 4.79 Å². The van der Waals surface area contributed by atoms with Crippen molar-refractivity contribution >= 4 is 12.0 Å². The van der Waals surface area contributed by atoms with E-state index in [1.165, 1.54) is 11.9 Å². The van der Waals surface area contributed by atoms with Gasteiger partial charge in [0, 0.05) is 13.6 Å². The third-order valence-electron chi connectivity index (χ3n) is 3.04. The summed E-state index contributed by atoms with van der Waals surface area (Å²) < 4.78 is 5.31. The van der Waals surface area contributed by atoms with Gasteiger partial charge in [0.25, 0.3) is 0 Å². The van der Waals surface area contributed by atoms with Crippen LogP contribution in [0.15, 0.2) is 0 Å². The first-order valence-corrected chi connectivity index (χ1v) is 6.63. The first-order valence-electron chi connectivity index (χ1n) is 6.63. The Morgan fingerprint density at radius 2 is 2.11 bits per heavy atom. The fourth-order valence-electron chi connectivity index (χ4n) is 2.17. The first-order chi connectivity index (χ1) is 8.74. The average Bonchev–Trinajstić information content (AvgIpc) is 2.75. The summed E-state index contributed by atoms with van der Waals surface area (Å²) >= 11 is 0. The Hall–Kier alpha value is -1.30. The van der Waals surface area contributed by atoms with Crippen molar-refractivity contribution in [1.29, 1.82) is 0 Å². The predicted molar refractivity (Wildman–Crippen MR) is 70.7 cm³/mol. The molecular weight excluding hydrogens is 248 g/mol. The van der Waals surface area contributed by atoms with Gasteiger partial charge >= 0.3 is 6.09 Å². The predicted octanol–water partition coefficient (Wildman–Crippen LogP) is 0.883. The van der Waals surface area contributed by atoms with E-state index in [9.17, 15) is 14.7 Å². The van der Waals surface area contributed by atoms with Crippen LogP contribution >= 0.6 is 0 Å². The summed E-state index contributed by atoms with van der Waals surface area (Å²) in [5.74, 6) is -0.233. The summed E-state index contributed by atoms with van der Waals surface area (Å²) in [5, 5.41) is 12.5. The van der Waals surface area contributed by atoms with Crippen LogP contribution in [-0.2, 0) is 9.53 Å². The highest BCUT2D eigenvalue weighted by molar-refractivity contribution is 5.76. The monoisotopic (exact) mass is 272 g/mol. The normalized spacial score (nSPS) is 21.1. The van der Waals surface area contributed by atoms with Crippen LogP contribution in [0.2, 0.25) is 0 Å². The summed E-state index contributed by atoms with van der Waals surface area (Å²) in [6.45, 7) is 5.97. The maximum absolute atomic E-state index is 12.0. The molecule has 0 saturated carbocycles. The minimum absolute atomic E-state index is 0.000461. The number of nitrogens with zero attached hydrogens (tertiary/aromatic N) is 1. The lowest BCUT2D eigenvalue weighted by atomic mass is 10.1. The number of nitrogens with one attached hydrogen (secondary N) is 1. The second-order valence-corrected chi connectivity index (χ2v) is 5.83. The molecule has 0 spiro atoms. The highest BCUT2D eigenvalue weighted by Gasteiger charge is 2.36. The Morgan fingerprint density at radius 1 is 1.47 bits per heavy atom. The van der Waals surface area contributed by atoms with Crippen LogP contribution in [0.3, 0.4) is 0 Å². The van der Waals surface area contributed by atoms with Gasteiger partial charge in [-0.05, 0) is 33.6 Å². The van der Waals surface area contributed by atoms with E-state index in [0.717, 1.165) is 6.42 Å². The summed E-state index contributed by atoms with van der Waals surface area (Å²) in [5.41, 5.74) is -0.560. The number of carbonyl (C=O) groups is 2. The van der Waals surface area contributed by atoms with Crippen LogP contribution in [0.4, 0.5) is 4.79 Å². The zero-order valence-corrected chi connectivity index (χ0v) is 12.1. The third kappa shape index (κ3) is 4.70. The zero-order valence-electron chi connectivity index (χ0n) is 12.1. The topological polar surface area (TPSA) is 78.9 Å². The van der Waals surface area contributed by atoms with E-state index >= 15 is 0 Å². The maximum Gasteiger partial charge on any atom is 0.410 e. The number of aliphatic hydroxyl groups excluding tert-OH is 1. The molecule has 1 aliphatic heterocycles. The Balaban J connectivity index is 2.63. The van der Waals surface area contributed by atoms with Crippen molar-refractivity contribution < 1.29 is 19.4 Å². The molecule has 2 unspecified atom stereocenters. The molecule has 0 bridgehead atoms. The van der Waals surface area contributed by atoms with Gasteiger partial charge in [-0.1, -0.05) is 0 Å². The van der Waals surface area contributed by atoms with Crippen molar-refractivity contribution in [2.24, 2.45) is 0 Å². The molecule has 1 aliphatic rings. The van der Waals surface area contributed by atoms with E-state index in [-0.39, 0.29) is 18.4 Å². The summed E-state index contributed by atoms with van der Waals surface area (Å²) in [6.07, 6.45) is 0.230. The Morgan fingerprint density at radius 3 is 2.63 bits per heavy atom. The third-order valence-corrected chi connectivity index (χ3v) is 3.04. The number of rotatable bonds is 3.